The van der Waals surface area contributed by atoms with Gasteiger partial charge in [0, 0.05) is 24.7 Å². The van der Waals surface area contributed by atoms with Crippen molar-refractivity contribution in [2.45, 2.75) is 42.9 Å². The third-order valence-corrected chi connectivity index (χ3v) is 7.37. The minimum atomic E-state index is -3.94. The maximum Gasteiger partial charge on any atom is 0.297 e. The Hall–Kier alpha value is -3.73. The summed E-state index contributed by atoms with van der Waals surface area (Å²) >= 11 is 0. The van der Waals surface area contributed by atoms with E-state index >= 15 is 0 Å². The van der Waals surface area contributed by atoms with Crippen LogP contribution in [0, 0.1) is 0 Å². The zero-order valence-corrected chi connectivity index (χ0v) is 19.3. The Bertz CT molecular complexity index is 1490. The van der Waals surface area contributed by atoms with Crippen molar-refractivity contribution in [3.63, 3.8) is 0 Å². The number of H-pyrrole nitrogens is 1. The van der Waals surface area contributed by atoms with E-state index in [4.69, 9.17) is 9.26 Å². The number of hydrogen-bond acceptors (Lipinski definition) is 8. The first-order chi connectivity index (χ1) is 16.4. The van der Waals surface area contributed by atoms with E-state index in [-0.39, 0.29) is 28.6 Å². The predicted octanol–water partition coefficient (Wildman–Crippen LogP) is 3.36. The van der Waals surface area contributed by atoms with Gasteiger partial charge in [0.05, 0.1) is 12.8 Å². The van der Waals surface area contributed by atoms with E-state index in [9.17, 15) is 13.2 Å². The zero-order chi connectivity index (χ0) is 23.7. The highest BCUT2D eigenvalue weighted by Crippen LogP contribution is 2.36. The molecule has 0 spiro atoms. The molecule has 10 nitrogen and oxygen atoms in total. The fourth-order valence-electron chi connectivity index (χ4n) is 4.32. The average molecular weight is 482 g/mol. The smallest absolute Gasteiger partial charge is 0.297 e. The second kappa shape index (κ2) is 8.90. The molecular formula is C23H23N5O5S. The van der Waals surface area contributed by atoms with Crippen LogP contribution in [0.4, 0.5) is 5.69 Å². The number of pyridine rings is 1. The Kier molecular flexibility index (Phi) is 5.78. The van der Waals surface area contributed by atoms with Crippen LogP contribution >= 0.6 is 0 Å². The van der Waals surface area contributed by atoms with Crippen LogP contribution in [0.15, 0.2) is 56.9 Å². The molecule has 3 aromatic heterocycles. The van der Waals surface area contributed by atoms with Gasteiger partial charge in [-0.3, -0.25) is 14.5 Å². The molecule has 0 amide bonds. The van der Waals surface area contributed by atoms with Crippen molar-refractivity contribution >= 4 is 26.8 Å². The number of aromatic amines is 1. The molecule has 0 atom stereocenters. The van der Waals surface area contributed by atoms with Crippen LogP contribution in [-0.4, -0.2) is 35.6 Å². The lowest BCUT2D eigenvalue weighted by molar-refractivity contribution is 0.402. The van der Waals surface area contributed by atoms with E-state index in [1.54, 1.807) is 24.3 Å². The van der Waals surface area contributed by atoms with Crippen molar-refractivity contribution in [1.82, 2.24) is 20.1 Å². The van der Waals surface area contributed by atoms with Gasteiger partial charge in [-0.15, -0.1) is 0 Å². The highest BCUT2D eigenvalue weighted by atomic mass is 32.2. The first kappa shape index (κ1) is 22.1. The van der Waals surface area contributed by atoms with Crippen molar-refractivity contribution in [3.05, 3.63) is 70.2 Å². The lowest BCUT2D eigenvalue weighted by Gasteiger charge is -2.13. The van der Waals surface area contributed by atoms with Gasteiger partial charge < -0.3 is 14.2 Å². The number of ether oxygens (including phenoxy) is 1. The number of anilines is 1. The van der Waals surface area contributed by atoms with Gasteiger partial charge in [0.1, 0.15) is 27.7 Å². The average Bonchev–Trinajstić information content (AvgIpc) is 3.49. The molecule has 0 bridgehead atoms. The van der Waals surface area contributed by atoms with Gasteiger partial charge in [0.25, 0.3) is 15.6 Å². The lowest BCUT2D eigenvalue weighted by Crippen LogP contribution is -2.15. The second-order valence-corrected chi connectivity index (χ2v) is 9.89. The summed E-state index contributed by atoms with van der Waals surface area (Å²) in [5, 5.41) is 4.13. The van der Waals surface area contributed by atoms with Gasteiger partial charge in [-0.25, -0.2) is 13.4 Å². The summed E-state index contributed by atoms with van der Waals surface area (Å²) in [6, 6.07) is 7.94. The molecule has 1 fully saturated rings. The minimum absolute atomic E-state index is 0.0237. The number of fused-ring (bicyclic) bond motifs is 1. The number of benzene rings is 1. The van der Waals surface area contributed by atoms with E-state index in [0.29, 0.717) is 22.6 Å². The number of rotatable bonds is 7. The van der Waals surface area contributed by atoms with Crippen molar-refractivity contribution in [2.24, 2.45) is 0 Å². The standard InChI is InChI=1S/C23H23N5O5S/c1-32-17-7-6-14(12-18(17)34(30,31)28-16-8-10-24-11-9-16)13-19-25-21-20(15-4-2-3-5-15)27-33-22(21)23(29)26-19/h6-12,15H,2-5,13H2,1H3,(H,24,28)(H,25,26,29). The van der Waals surface area contributed by atoms with Crippen molar-refractivity contribution < 1.29 is 17.7 Å². The first-order valence-corrected chi connectivity index (χ1v) is 12.4. The van der Waals surface area contributed by atoms with Crippen molar-refractivity contribution in [1.29, 1.82) is 0 Å². The van der Waals surface area contributed by atoms with E-state index in [2.05, 4.69) is 24.8 Å². The quantitative estimate of drug-likeness (QED) is 0.409. The maximum absolute atomic E-state index is 13.1. The van der Waals surface area contributed by atoms with Gasteiger partial charge in [-0.05, 0) is 42.7 Å². The van der Waals surface area contributed by atoms with Gasteiger partial charge >= 0.3 is 0 Å². The molecule has 3 heterocycles. The van der Waals surface area contributed by atoms with Gasteiger partial charge in [0.15, 0.2) is 0 Å². The lowest BCUT2D eigenvalue weighted by atomic mass is 10.0. The van der Waals surface area contributed by atoms with Crippen LogP contribution in [0.5, 0.6) is 5.75 Å². The molecule has 0 aliphatic heterocycles. The molecule has 176 valence electrons. The molecule has 0 radical (unpaired) electrons. The number of aromatic nitrogens is 4. The fraction of sp³-hybridized carbons (Fsp3) is 0.304. The van der Waals surface area contributed by atoms with E-state index in [1.807, 2.05) is 0 Å². The largest absolute Gasteiger partial charge is 0.495 e. The zero-order valence-electron chi connectivity index (χ0n) is 18.4. The Labute approximate surface area is 195 Å². The van der Waals surface area contributed by atoms with Crippen molar-refractivity contribution in [3.8, 4) is 5.75 Å². The van der Waals surface area contributed by atoms with Crippen LogP contribution in [0.2, 0.25) is 0 Å². The number of nitrogens with one attached hydrogen (secondary N) is 2. The van der Waals surface area contributed by atoms with E-state index < -0.39 is 15.6 Å². The van der Waals surface area contributed by atoms with Gasteiger partial charge in [-0.1, -0.05) is 24.1 Å². The molecule has 1 aliphatic rings. The van der Waals surface area contributed by atoms with Crippen LogP contribution in [-0.2, 0) is 16.4 Å². The van der Waals surface area contributed by atoms with Gasteiger partial charge in [0.2, 0.25) is 5.58 Å². The Morgan fingerprint density at radius 3 is 2.68 bits per heavy atom. The summed E-state index contributed by atoms with van der Waals surface area (Å²) in [5.41, 5.74) is 1.93. The van der Waals surface area contributed by atoms with Crippen LogP contribution in [0.3, 0.4) is 0 Å². The number of nitrogens with zero attached hydrogens (tertiary/aromatic N) is 3. The predicted molar refractivity (Wildman–Crippen MR) is 124 cm³/mol. The van der Waals surface area contributed by atoms with Crippen LogP contribution in [0.25, 0.3) is 11.1 Å². The molecule has 1 aromatic carbocycles. The normalized spacial score (nSPS) is 14.5. The molecule has 0 saturated heterocycles. The van der Waals surface area contributed by atoms with Crippen molar-refractivity contribution in [2.75, 3.05) is 11.8 Å². The third-order valence-electron chi connectivity index (χ3n) is 5.97. The molecule has 11 heteroatoms. The number of sulfonamides is 1. The highest BCUT2D eigenvalue weighted by molar-refractivity contribution is 7.92. The highest BCUT2D eigenvalue weighted by Gasteiger charge is 2.26. The van der Waals surface area contributed by atoms with Crippen LogP contribution < -0.4 is 15.0 Å². The summed E-state index contributed by atoms with van der Waals surface area (Å²) in [6.45, 7) is 0. The third kappa shape index (κ3) is 4.26. The summed E-state index contributed by atoms with van der Waals surface area (Å²) in [4.78, 5) is 23.8. The molecule has 1 aliphatic carbocycles. The Morgan fingerprint density at radius 1 is 1.18 bits per heavy atom. The molecule has 2 N–H and O–H groups in total. The summed E-state index contributed by atoms with van der Waals surface area (Å²) in [7, 11) is -2.54. The molecule has 5 rings (SSSR count). The van der Waals surface area contributed by atoms with Gasteiger partial charge in [-0.2, -0.15) is 0 Å². The summed E-state index contributed by atoms with van der Waals surface area (Å²) in [6.07, 6.45) is 7.42. The summed E-state index contributed by atoms with van der Waals surface area (Å²) < 4.78 is 39.2. The Balaban J connectivity index is 1.49. The maximum atomic E-state index is 13.1. The minimum Gasteiger partial charge on any atom is -0.495 e. The Morgan fingerprint density at radius 2 is 1.94 bits per heavy atom. The molecule has 34 heavy (non-hydrogen) atoms. The number of methoxy groups -OCH3 is 1. The number of hydrogen-bond donors (Lipinski definition) is 2. The van der Waals surface area contributed by atoms with Crippen LogP contribution in [0.1, 0.15) is 48.7 Å². The second-order valence-electron chi connectivity index (χ2n) is 8.24. The SMILES string of the molecule is COc1ccc(Cc2nc3c(C4CCCC4)noc3c(=O)[nH]2)cc1S(=O)(=O)Nc1ccncc1. The summed E-state index contributed by atoms with van der Waals surface area (Å²) in [5.74, 6) is 0.834. The molecule has 0 unspecified atom stereocenters. The molecular weight excluding hydrogens is 458 g/mol. The first-order valence-electron chi connectivity index (χ1n) is 10.9. The fourth-order valence-corrected chi connectivity index (χ4v) is 5.60. The van der Waals surface area contributed by atoms with E-state index in [1.165, 1.54) is 25.6 Å². The monoisotopic (exact) mass is 481 g/mol. The van der Waals surface area contributed by atoms with E-state index in [0.717, 1.165) is 31.4 Å². The molecule has 4 aromatic rings. The molecule has 1 saturated carbocycles. The topological polar surface area (TPSA) is 140 Å².